The SMILES string of the molecule is CN=C(SC)c1ccc(Cl)c(Cl)c1. The summed E-state index contributed by atoms with van der Waals surface area (Å²) in [6.07, 6.45) is 1.98. The largest absolute Gasteiger partial charge is 0.281 e. The van der Waals surface area contributed by atoms with Crippen molar-refractivity contribution in [3.05, 3.63) is 33.8 Å². The Labute approximate surface area is 92.2 Å². The molecule has 1 aromatic carbocycles. The molecule has 0 heterocycles. The Kier molecular flexibility index (Phi) is 4.10. The second-order valence-electron chi connectivity index (χ2n) is 2.36. The lowest BCUT2D eigenvalue weighted by molar-refractivity contribution is 1.45. The quantitative estimate of drug-likeness (QED) is 0.532. The third kappa shape index (κ3) is 2.63. The van der Waals surface area contributed by atoms with Gasteiger partial charge in [0.1, 0.15) is 0 Å². The first-order valence-corrected chi connectivity index (χ1v) is 5.63. The Hall–Kier alpha value is -0.180. The van der Waals surface area contributed by atoms with Crippen molar-refractivity contribution < 1.29 is 0 Å². The van der Waals surface area contributed by atoms with Crippen molar-refractivity contribution in [3.63, 3.8) is 0 Å². The highest BCUT2D eigenvalue weighted by Crippen LogP contribution is 2.24. The molecule has 0 saturated carbocycles. The summed E-state index contributed by atoms with van der Waals surface area (Å²) in [6.45, 7) is 0. The zero-order valence-electron chi connectivity index (χ0n) is 7.34. The lowest BCUT2D eigenvalue weighted by atomic mass is 10.2. The normalized spacial score (nSPS) is 11.8. The molecule has 1 rings (SSSR count). The Balaban J connectivity index is 3.10. The number of thioether (sulfide) groups is 1. The number of hydrogen-bond donors (Lipinski definition) is 0. The van der Waals surface area contributed by atoms with Crippen LogP contribution in [0.2, 0.25) is 10.0 Å². The molecule has 0 amide bonds. The molecule has 0 atom stereocenters. The van der Waals surface area contributed by atoms with E-state index in [-0.39, 0.29) is 0 Å². The van der Waals surface area contributed by atoms with E-state index in [9.17, 15) is 0 Å². The molecule has 0 aliphatic rings. The Morgan fingerprint density at radius 3 is 2.46 bits per heavy atom. The predicted molar refractivity (Wildman–Crippen MR) is 62.4 cm³/mol. The number of nitrogens with zero attached hydrogens (tertiary/aromatic N) is 1. The van der Waals surface area contributed by atoms with Crippen molar-refractivity contribution in [2.45, 2.75) is 0 Å². The van der Waals surface area contributed by atoms with E-state index in [1.807, 2.05) is 18.4 Å². The van der Waals surface area contributed by atoms with Crippen LogP contribution in [-0.4, -0.2) is 18.3 Å². The van der Waals surface area contributed by atoms with Crippen LogP contribution in [-0.2, 0) is 0 Å². The molecule has 13 heavy (non-hydrogen) atoms. The van der Waals surface area contributed by atoms with Gasteiger partial charge in [-0.2, -0.15) is 0 Å². The van der Waals surface area contributed by atoms with Crippen LogP contribution < -0.4 is 0 Å². The van der Waals surface area contributed by atoms with Gasteiger partial charge in [0.15, 0.2) is 0 Å². The Morgan fingerprint density at radius 2 is 2.00 bits per heavy atom. The molecular weight excluding hydrogens is 225 g/mol. The molecule has 0 fully saturated rings. The van der Waals surface area contributed by atoms with Gasteiger partial charge in [-0.25, -0.2) is 0 Å². The van der Waals surface area contributed by atoms with Crippen molar-refractivity contribution in [2.75, 3.05) is 13.3 Å². The number of halogens is 2. The molecule has 1 nitrogen and oxygen atoms in total. The van der Waals surface area contributed by atoms with Crippen LogP contribution >= 0.6 is 35.0 Å². The van der Waals surface area contributed by atoms with Gasteiger partial charge in [-0.05, 0) is 18.4 Å². The average molecular weight is 234 g/mol. The Morgan fingerprint density at radius 1 is 1.31 bits per heavy atom. The summed E-state index contributed by atoms with van der Waals surface area (Å²) in [5, 5.41) is 2.09. The summed E-state index contributed by atoms with van der Waals surface area (Å²) in [5.74, 6) is 0. The van der Waals surface area contributed by atoms with Crippen molar-refractivity contribution in [1.29, 1.82) is 0 Å². The zero-order chi connectivity index (χ0) is 9.84. The van der Waals surface area contributed by atoms with Crippen LogP contribution in [0, 0.1) is 0 Å². The number of benzene rings is 1. The molecule has 0 radical (unpaired) electrons. The number of hydrogen-bond acceptors (Lipinski definition) is 2. The van der Waals surface area contributed by atoms with E-state index in [2.05, 4.69) is 4.99 Å². The molecule has 0 N–H and O–H groups in total. The van der Waals surface area contributed by atoms with E-state index in [4.69, 9.17) is 23.2 Å². The van der Waals surface area contributed by atoms with Gasteiger partial charge >= 0.3 is 0 Å². The second-order valence-corrected chi connectivity index (χ2v) is 3.97. The minimum absolute atomic E-state index is 0.564. The minimum atomic E-state index is 0.564. The molecule has 0 aliphatic heterocycles. The first-order chi connectivity index (χ1) is 6.19. The van der Waals surface area contributed by atoms with Gasteiger partial charge in [-0.15, -0.1) is 11.8 Å². The fourth-order valence-electron chi connectivity index (χ4n) is 0.967. The maximum Gasteiger partial charge on any atom is 0.0971 e. The summed E-state index contributed by atoms with van der Waals surface area (Å²) < 4.78 is 0. The molecule has 0 spiro atoms. The van der Waals surface area contributed by atoms with Crippen LogP contribution in [0.5, 0.6) is 0 Å². The molecule has 0 saturated heterocycles. The second kappa shape index (κ2) is 4.89. The lowest BCUT2D eigenvalue weighted by Crippen LogP contribution is -1.93. The summed E-state index contributed by atoms with van der Waals surface area (Å²) >= 11 is 13.3. The summed E-state index contributed by atoms with van der Waals surface area (Å²) in [6, 6.07) is 5.51. The number of rotatable bonds is 1. The molecule has 70 valence electrons. The summed E-state index contributed by atoms with van der Waals surface area (Å²) in [5.41, 5.74) is 1.00. The van der Waals surface area contributed by atoms with Gasteiger partial charge in [0.05, 0.1) is 15.1 Å². The average Bonchev–Trinajstić information content (AvgIpc) is 2.13. The van der Waals surface area contributed by atoms with Crippen LogP contribution in [0.4, 0.5) is 0 Å². The highest BCUT2D eigenvalue weighted by Gasteiger charge is 2.03. The highest BCUT2D eigenvalue weighted by molar-refractivity contribution is 8.13. The maximum absolute atomic E-state index is 5.88. The maximum atomic E-state index is 5.88. The van der Waals surface area contributed by atoms with Gasteiger partial charge in [-0.1, -0.05) is 29.3 Å². The van der Waals surface area contributed by atoms with Crippen molar-refractivity contribution >= 4 is 40.0 Å². The lowest BCUT2D eigenvalue weighted by Gasteiger charge is -2.03. The van der Waals surface area contributed by atoms with E-state index in [1.165, 1.54) is 0 Å². The number of aliphatic imine (C=N–C) groups is 1. The van der Waals surface area contributed by atoms with Gasteiger partial charge in [0.25, 0.3) is 0 Å². The standard InChI is InChI=1S/C9H9Cl2NS/c1-12-9(13-2)6-3-4-7(10)8(11)5-6/h3-5H,1-2H3. The van der Waals surface area contributed by atoms with Gasteiger partial charge in [0.2, 0.25) is 0 Å². The molecule has 0 aromatic heterocycles. The Bertz CT molecular complexity index is 336. The fourth-order valence-corrected chi connectivity index (χ4v) is 1.81. The highest BCUT2D eigenvalue weighted by atomic mass is 35.5. The molecule has 1 aromatic rings. The zero-order valence-corrected chi connectivity index (χ0v) is 9.67. The fraction of sp³-hybridized carbons (Fsp3) is 0.222. The smallest absolute Gasteiger partial charge is 0.0971 e. The van der Waals surface area contributed by atoms with Gasteiger partial charge in [-0.3, -0.25) is 4.99 Å². The molecular formula is C9H9Cl2NS. The molecule has 4 heteroatoms. The van der Waals surface area contributed by atoms with Crippen LogP contribution in [0.3, 0.4) is 0 Å². The van der Waals surface area contributed by atoms with Crippen molar-refractivity contribution in [1.82, 2.24) is 0 Å². The predicted octanol–water partition coefficient (Wildman–Crippen LogP) is 3.73. The van der Waals surface area contributed by atoms with Crippen LogP contribution in [0.15, 0.2) is 23.2 Å². The summed E-state index contributed by atoms with van der Waals surface area (Å²) in [4.78, 5) is 4.13. The molecule has 0 bridgehead atoms. The summed E-state index contributed by atoms with van der Waals surface area (Å²) in [7, 11) is 1.76. The van der Waals surface area contributed by atoms with Crippen molar-refractivity contribution in [3.8, 4) is 0 Å². The van der Waals surface area contributed by atoms with E-state index >= 15 is 0 Å². The topological polar surface area (TPSA) is 12.4 Å². The van der Waals surface area contributed by atoms with E-state index in [0.29, 0.717) is 10.0 Å². The third-order valence-corrected chi connectivity index (χ3v) is 3.11. The van der Waals surface area contributed by atoms with E-state index < -0.39 is 0 Å². The van der Waals surface area contributed by atoms with E-state index in [1.54, 1.807) is 24.9 Å². The van der Waals surface area contributed by atoms with Crippen LogP contribution in [0.1, 0.15) is 5.56 Å². The van der Waals surface area contributed by atoms with Crippen molar-refractivity contribution in [2.24, 2.45) is 4.99 Å². The third-order valence-electron chi connectivity index (χ3n) is 1.56. The first-order valence-electron chi connectivity index (χ1n) is 3.65. The minimum Gasteiger partial charge on any atom is -0.281 e. The van der Waals surface area contributed by atoms with Gasteiger partial charge in [0, 0.05) is 12.6 Å². The van der Waals surface area contributed by atoms with Gasteiger partial charge < -0.3 is 0 Å². The van der Waals surface area contributed by atoms with E-state index in [0.717, 1.165) is 10.6 Å². The molecule has 0 aliphatic carbocycles. The first kappa shape index (κ1) is 10.9. The monoisotopic (exact) mass is 233 g/mol. The molecule has 0 unspecified atom stereocenters. The van der Waals surface area contributed by atoms with Crippen LogP contribution in [0.25, 0.3) is 0 Å².